The fraction of sp³-hybridized carbons (Fsp3) is 0.0556. The minimum absolute atomic E-state index is 0. The first-order valence-electron chi connectivity index (χ1n) is 14.0. The van der Waals surface area contributed by atoms with E-state index in [1.165, 1.54) is 0 Å². The number of hydrogen-bond donors (Lipinski definition) is 0. The first kappa shape index (κ1) is 27.8. The molecule has 0 spiro atoms. The molecule has 5 heterocycles. The zero-order valence-electron chi connectivity index (χ0n) is 23.9. The summed E-state index contributed by atoms with van der Waals surface area (Å²) in [5.41, 5.74) is 7.94. The van der Waals surface area contributed by atoms with E-state index in [9.17, 15) is 0 Å². The van der Waals surface area contributed by atoms with E-state index >= 15 is 0 Å². The molecule has 0 amide bonds. The molecule has 0 radical (unpaired) electrons. The molecule has 8 heteroatoms. The van der Waals surface area contributed by atoms with E-state index in [1.807, 2.05) is 68.4 Å². The molecular weight excluding hydrogens is 728 g/mol. The predicted molar refractivity (Wildman–Crippen MR) is 170 cm³/mol. The smallest absolute Gasteiger partial charge is 0.135 e. The fourth-order valence-corrected chi connectivity index (χ4v) is 5.74. The van der Waals surface area contributed by atoms with Crippen LogP contribution < -0.4 is 14.5 Å². The average molecular weight is 753 g/mol. The summed E-state index contributed by atoms with van der Waals surface area (Å²) < 4.78 is 8.40. The third-order valence-corrected chi connectivity index (χ3v) is 7.76. The van der Waals surface area contributed by atoms with Gasteiger partial charge in [0, 0.05) is 61.7 Å². The zero-order chi connectivity index (χ0) is 28.9. The van der Waals surface area contributed by atoms with Gasteiger partial charge < -0.3 is 19.1 Å². The molecule has 3 aromatic carbocycles. The van der Waals surface area contributed by atoms with Gasteiger partial charge in [0.15, 0.2) is 0 Å². The van der Waals surface area contributed by atoms with Gasteiger partial charge in [-0.05, 0) is 67.5 Å². The number of benzene rings is 3. The molecule has 0 saturated carbocycles. The van der Waals surface area contributed by atoms with Crippen LogP contribution in [0.4, 0.5) is 17.1 Å². The van der Waals surface area contributed by atoms with Crippen molar-refractivity contribution in [1.29, 1.82) is 0 Å². The van der Waals surface area contributed by atoms with E-state index in [2.05, 4.69) is 85.9 Å². The second-order valence-electron chi connectivity index (χ2n) is 10.5. The van der Waals surface area contributed by atoms with Gasteiger partial charge in [0.2, 0.25) is 0 Å². The number of rotatable bonds is 5. The fourth-order valence-electron chi connectivity index (χ4n) is 5.74. The van der Waals surface area contributed by atoms with Crippen LogP contribution in [0.15, 0.2) is 110 Å². The molecule has 218 valence electrons. The van der Waals surface area contributed by atoms with Crippen molar-refractivity contribution in [3.05, 3.63) is 134 Å². The van der Waals surface area contributed by atoms with Crippen LogP contribution in [0, 0.1) is 25.7 Å². The van der Waals surface area contributed by atoms with Crippen molar-refractivity contribution < 1.29 is 25.8 Å². The Morgan fingerprint density at radius 3 is 2.43 bits per heavy atom. The van der Waals surface area contributed by atoms with Crippen molar-refractivity contribution in [1.82, 2.24) is 19.5 Å². The summed E-state index contributed by atoms with van der Waals surface area (Å²) in [6.45, 7) is 4.12. The SMILES string of the molecule is Cc1cc(-n2c3[c-]c(Oc4[c-]c(N5[CH-]N(C)c6ccccc65)ccn4)ccc3c3ccccc32)ncc1-c1ccccn1.[Pt]. The number of hydrogen-bond acceptors (Lipinski definition) is 6. The Morgan fingerprint density at radius 1 is 0.773 bits per heavy atom. The van der Waals surface area contributed by atoms with Crippen LogP contribution in [-0.4, -0.2) is 26.6 Å². The molecule has 1 aliphatic heterocycles. The van der Waals surface area contributed by atoms with Crippen LogP contribution in [-0.2, 0) is 21.1 Å². The molecule has 1 aliphatic rings. The Kier molecular flexibility index (Phi) is 7.11. The van der Waals surface area contributed by atoms with Gasteiger partial charge >= 0.3 is 0 Å². The van der Waals surface area contributed by atoms with Crippen molar-refractivity contribution in [3.63, 3.8) is 0 Å². The van der Waals surface area contributed by atoms with Gasteiger partial charge in [-0.2, -0.15) is 30.6 Å². The van der Waals surface area contributed by atoms with Gasteiger partial charge in [0.1, 0.15) is 11.7 Å². The van der Waals surface area contributed by atoms with E-state index in [4.69, 9.17) is 9.72 Å². The van der Waals surface area contributed by atoms with Gasteiger partial charge in [-0.25, -0.2) is 4.98 Å². The number of anilines is 3. The Bertz CT molecular complexity index is 2150. The van der Waals surface area contributed by atoms with Crippen molar-refractivity contribution >= 4 is 38.9 Å². The number of para-hydroxylation sites is 3. The maximum atomic E-state index is 6.27. The molecule has 0 N–H and O–H groups in total. The van der Waals surface area contributed by atoms with Gasteiger partial charge in [-0.1, -0.05) is 41.9 Å². The van der Waals surface area contributed by atoms with Crippen LogP contribution in [0.2, 0.25) is 0 Å². The molecular formula is C36H25N6OPt-3. The van der Waals surface area contributed by atoms with Crippen LogP contribution in [0.25, 0.3) is 38.9 Å². The maximum absolute atomic E-state index is 6.27. The molecule has 8 rings (SSSR count). The normalized spacial score (nSPS) is 12.4. The molecule has 0 bridgehead atoms. The summed E-state index contributed by atoms with van der Waals surface area (Å²) >= 11 is 0. The molecule has 0 atom stereocenters. The van der Waals surface area contributed by atoms with Crippen molar-refractivity contribution in [3.8, 4) is 28.7 Å². The second kappa shape index (κ2) is 11.2. The van der Waals surface area contributed by atoms with E-state index in [1.54, 1.807) is 12.4 Å². The molecule has 7 nitrogen and oxygen atoms in total. The monoisotopic (exact) mass is 752 g/mol. The molecule has 44 heavy (non-hydrogen) atoms. The van der Waals surface area contributed by atoms with Crippen molar-refractivity contribution in [2.75, 3.05) is 16.8 Å². The number of pyridine rings is 3. The van der Waals surface area contributed by atoms with E-state index in [-0.39, 0.29) is 21.1 Å². The summed E-state index contributed by atoms with van der Waals surface area (Å²) in [6.07, 6.45) is 5.43. The number of aromatic nitrogens is 4. The third-order valence-electron chi connectivity index (χ3n) is 7.76. The molecule has 0 saturated heterocycles. The minimum atomic E-state index is 0. The largest absolute Gasteiger partial charge is 0.504 e. The second-order valence-corrected chi connectivity index (χ2v) is 10.5. The Morgan fingerprint density at radius 2 is 1.59 bits per heavy atom. The topological polar surface area (TPSA) is 59.3 Å². The summed E-state index contributed by atoms with van der Waals surface area (Å²) in [6, 6.07) is 37.3. The molecule has 0 aliphatic carbocycles. The zero-order valence-corrected chi connectivity index (χ0v) is 26.1. The van der Waals surface area contributed by atoms with Crippen LogP contribution >= 0.6 is 0 Å². The van der Waals surface area contributed by atoms with Crippen molar-refractivity contribution in [2.24, 2.45) is 0 Å². The minimum Gasteiger partial charge on any atom is -0.504 e. The molecule has 7 aromatic rings. The summed E-state index contributed by atoms with van der Waals surface area (Å²) in [5, 5.41) is 2.18. The Hall–Kier alpha value is -5.00. The van der Waals surface area contributed by atoms with E-state index in [0.717, 1.165) is 61.5 Å². The summed E-state index contributed by atoms with van der Waals surface area (Å²) in [7, 11) is 2.03. The molecule has 0 unspecified atom stereocenters. The quantitative estimate of drug-likeness (QED) is 0.166. The molecule has 0 fully saturated rings. The maximum Gasteiger partial charge on any atom is 0.135 e. The van der Waals surface area contributed by atoms with Gasteiger partial charge in [-0.3, -0.25) is 9.97 Å². The van der Waals surface area contributed by atoms with Gasteiger partial charge in [-0.15, -0.1) is 17.5 Å². The summed E-state index contributed by atoms with van der Waals surface area (Å²) in [5.74, 6) is 1.71. The van der Waals surface area contributed by atoms with Gasteiger partial charge in [0.25, 0.3) is 0 Å². The van der Waals surface area contributed by atoms with Crippen molar-refractivity contribution in [2.45, 2.75) is 6.92 Å². The standard InChI is InChI=1S/C36H25N6O.Pt/c1-24-19-35(39-22-29(24)30-10-7-8-17-37-30)42-31-11-4-3-9-27(31)28-15-14-26(21-34(28)42)43-36-20-25(16-18-38-36)41-23-40(2)32-12-5-6-13-33(32)41;/h3-19,22-23H,1-2H3;/q-3;. The van der Waals surface area contributed by atoms with E-state index in [0.29, 0.717) is 11.6 Å². The van der Waals surface area contributed by atoms with Crippen LogP contribution in [0.1, 0.15) is 5.56 Å². The first-order chi connectivity index (χ1) is 21.1. The third kappa shape index (κ3) is 4.70. The Labute approximate surface area is 269 Å². The number of fused-ring (bicyclic) bond motifs is 4. The Balaban J connectivity index is 0.00000312. The summed E-state index contributed by atoms with van der Waals surface area (Å²) in [4.78, 5) is 18.0. The van der Waals surface area contributed by atoms with Gasteiger partial charge in [0.05, 0.1) is 5.69 Å². The van der Waals surface area contributed by atoms with Crippen LogP contribution in [0.3, 0.4) is 0 Å². The van der Waals surface area contributed by atoms with E-state index < -0.39 is 0 Å². The number of nitrogens with zero attached hydrogens (tertiary/aromatic N) is 6. The van der Waals surface area contributed by atoms with Crippen LogP contribution in [0.5, 0.6) is 11.6 Å². The molecule has 4 aromatic heterocycles. The number of ether oxygens (including phenoxy) is 1. The first-order valence-corrected chi connectivity index (χ1v) is 14.0. The predicted octanol–water partition coefficient (Wildman–Crippen LogP) is 8.04. The average Bonchev–Trinajstić information content (AvgIpc) is 3.56. The number of aryl methyl sites for hydroxylation is 1.